The van der Waals surface area contributed by atoms with Crippen molar-refractivity contribution in [3.63, 3.8) is 0 Å². The molecule has 1 aromatic carbocycles. The molecule has 4 atom stereocenters. The van der Waals surface area contributed by atoms with Crippen molar-refractivity contribution < 1.29 is 9.50 Å². The predicted octanol–water partition coefficient (Wildman–Crippen LogP) is 4.69. The summed E-state index contributed by atoms with van der Waals surface area (Å²) in [7, 11) is 0. The number of benzene rings is 1. The molecule has 1 fully saturated rings. The molecule has 0 spiro atoms. The van der Waals surface area contributed by atoms with Crippen LogP contribution in [0.2, 0.25) is 0 Å². The van der Waals surface area contributed by atoms with Crippen LogP contribution in [-0.4, -0.2) is 5.11 Å². The molecule has 0 saturated heterocycles. The molecule has 1 aliphatic carbocycles. The van der Waals surface area contributed by atoms with E-state index in [-0.39, 0.29) is 11.7 Å². The van der Waals surface area contributed by atoms with E-state index in [9.17, 15) is 9.50 Å². The first-order chi connectivity index (χ1) is 8.50. The fourth-order valence-corrected chi connectivity index (χ4v) is 3.48. The summed E-state index contributed by atoms with van der Waals surface area (Å²) in [5.74, 6) is 1.16. The predicted molar refractivity (Wildman–Crippen MR) is 74.7 cm³/mol. The van der Waals surface area contributed by atoms with E-state index < -0.39 is 6.10 Å². The van der Waals surface area contributed by atoms with Gasteiger partial charge in [-0.2, -0.15) is 0 Å². The van der Waals surface area contributed by atoms with Crippen LogP contribution in [0.15, 0.2) is 22.7 Å². The Hall–Kier alpha value is -0.410. The summed E-state index contributed by atoms with van der Waals surface area (Å²) in [6, 6.07) is 4.86. The number of rotatable bonds is 2. The molecular weight excluding hydrogens is 295 g/mol. The molecule has 4 unspecified atom stereocenters. The van der Waals surface area contributed by atoms with Crippen molar-refractivity contribution in [2.24, 2.45) is 17.8 Å². The molecule has 1 aliphatic rings. The maximum absolute atomic E-state index is 13.8. The van der Waals surface area contributed by atoms with Crippen LogP contribution in [0, 0.1) is 23.6 Å². The van der Waals surface area contributed by atoms with Gasteiger partial charge >= 0.3 is 0 Å². The van der Waals surface area contributed by atoms with Gasteiger partial charge in [0.25, 0.3) is 0 Å². The van der Waals surface area contributed by atoms with E-state index >= 15 is 0 Å². The highest BCUT2D eigenvalue weighted by molar-refractivity contribution is 9.10. The van der Waals surface area contributed by atoms with E-state index in [1.165, 1.54) is 6.07 Å². The fraction of sp³-hybridized carbons (Fsp3) is 0.600. The van der Waals surface area contributed by atoms with Crippen LogP contribution in [-0.2, 0) is 0 Å². The third-order valence-corrected chi connectivity index (χ3v) is 5.07. The third kappa shape index (κ3) is 2.77. The minimum Gasteiger partial charge on any atom is -0.388 e. The average Bonchev–Trinajstić information content (AvgIpc) is 2.32. The van der Waals surface area contributed by atoms with E-state index in [0.717, 1.165) is 19.3 Å². The van der Waals surface area contributed by atoms with E-state index in [4.69, 9.17) is 0 Å². The second kappa shape index (κ2) is 5.70. The first-order valence-electron chi connectivity index (χ1n) is 6.62. The molecule has 1 nitrogen and oxygen atoms in total. The topological polar surface area (TPSA) is 20.2 Å². The summed E-state index contributed by atoms with van der Waals surface area (Å²) in [6.07, 6.45) is 2.38. The van der Waals surface area contributed by atoms with Gasteiger partial charge in [0, 0.05) is 10.0 Å². The lowest BCUT2D eigenvalue weighted by molar-refractivity contribution is 0.0531. The normalized spacial score (nSPS) is 30.2. The van der Waals surface area contributed by atoms with Gasteiger partial charge in [-0.05, 0) is 42.7 Å². The lowest BCUT2D eigenvalue weighted by Crippen LogP contribution is -2.25. The highest BCUT2D eigenvalue weighted by Gasteiger charge is 2.31. The minimum atomic E-state index is -0.699. The van der Waals surface area contributed by atoms with Crippen molar-refractivity contribution in [2.45, 2.75) is 39.2 Å². The summed E-state index contributed by atoms with van der Waals surface area (Å²) in [6.45, 7) is 4.48. The smallest absolute Gasteiger partial charge is 0.130 e. The van der Waals surface area contributed by atoms with Gasteiger partial charge < -0.3 is 5.11 Å². The van der Waals surface area contributed by atoms with Crippen LogP contribution in [0.5, 0.6) is 0 Å². The van der Waals surface area contributed by atoms with Crippen molar-refractivity contribution in [2.75, 3.05) is 0 Å². The Morgan fingerprint density at radius 2 is 2.00 bits per heavy atom. The van der Waals surface area contributed by atoms with Crippen LogP contribution in [0.3, 0.4) is 0 Å². The Bertz CT molecular complexity index is 401. The lowest BCUT2D eigenvalue weighted by atomic mass is 9.73. The molecule has 0 aliphatic heterocycles. The largest absolute Gasteiger partial charge is 0.388 e. The molecule has 18 heavy (non-hydrogen) atoms. The van der Waals surface area contributed by atoms with Crippen molar-refractivity contribution in [3.05, 3.63) is 34.1 Å². The molecule has 1 aromatic rings. The molecule has 0 heterocycles. The van der Waals surface area contributed by atoms with Gasteiger partial charge in [0.1, 0.15) is 5.82 Å². The number of aliphatic hydroxyl groups excluding tert-OH is 1. The molecular formula is C15H20BrFO. The summed E-state index contributed by atoms with van der Waals surface area (Å²) in [4.78, 5) is 0. The first-order valence-corrected chi connectivity index (χ1v) is 7.42. The van der Waals surface area contributed by atoms with E-state index in [2.05, 4.69) is 29.8 Å². The fourth-order valence-electron chi connectivity index (χ4n) is 2.90. The van der Waals surface area contributed by atoms with Gasteiger partial charge in [0.2, 0.25) is 0 Å². The number of hydrogen-bond donors (Lipinski definition) is 1. The minimum absolute atomic E-state index is 0.171. The van der Waals surface area contributed by atoms with Gasteiger partial charge in [-0.25, -0.2) is 4.39 Å². The second-order valence-corrected chi connectivity index (χ2v) is 6.46. The highest BCUT2D eigenvalue weighted by atomic mass is 79.9. The van der Waals surface area contributed by atoms with Crippen molar-refractivity contribution in [1.29, 1.82) is 0 Å². The summed E-state index contributed by atoms with van der Waals surface area (Å²) < 4.78 is 14.5. The van der Waals surface area contributed by atoms with E-state index in [0.29, 0.717) is 21.9 Å². The molecule has 0 amide bonds. The lowest BCUT2D eigenvalue weighted by Gasteiger charge is -2.35. The zero-order chi connectivity index (χ0) is 13.3. The van der Waals surface area contributed by atoms with Crippen LogP contribution in [0.4, 0.5) is 4.39 Å². The van der Waals surface area contributed by atoms with Crippen LogP contribution in [0.1, 0.15) is 44.8 Å². The van der Waals surface area contributed by atoms with E-state index in [1.54, 1.807) is 12.1 Å². The Morgan fingerprint density at radius 3 is 2.61 bits per heavy atom. The summed E-state index contributed by atoms with van der Waals surface area (Å²) in [5.41, 5.74) is 0.421. The van der Waals surface area contributed by atoms with Gasteiger partial charge in [-0.15, -0.1) is 0 Å². The molecule has 0 radical (unpaired) electrons. The van der Waals surface area contributed by atoms with Crippen LogP contribution < -0.4 is 0 Å². The molecule has 100 valence electrons. The molecule has 1 N–H and O–H groups in total. The number of halogens is 2. The van der Waals surface area contributed by atoms with Gasteiger partial charge in [-0.3, -0.25) is 0 Å². The van der Waals surface area contributed by atoms with Crippen molar-refractivity contribution in [1.82, 2.24) is 0 Å². The maximum atomic E-state index is 13.8. The highest BCUT2D eigenvalue weighted by Crippen LogP contribution is 2.41. The first kappa shape index (κ1) is 14.0. The number of hydrogen-bond acceptors (Lipinski definition) is 1. The second-order valence-electron chi connectivity index (χ2n) is 5.61. The van der Waals surface area contributed by atoms with Crippen molar-refractivity contribution in [3.8, 4) is 0 Å². The van der Waals surface area contributed by atoms with Crippen LogP contribution in [0.25, 0.3) is 0 Å². The van der Waals surface area contributed by atoms with Gasteiger partial charge in [-0.1, -0.05) is 42.3 Å². The summed E-state index contributed by atoms with van der Waals surface area (Å²) >= 11 is 3.34. The molecule has 3 heteroatoms. The Labute approximate surface area is 117 Å². The summed E-state index contributed by atoms with van der Waals surface area (Å²) in [5, 5.41) is 10.4. The standard InChI is InChI=1S/C15H20BrFO/c1-9-6-7-11(8-10(9)2)15(18)14-12(16)4-3-5-13(14)17/h3-5,9-11,15,18H,6-8H2,1-2H3. The monoisotopic (exact) mass is 314 g/mol. The molecule has 1 saturated carbocycles. The SMILES string of the molecule is CC1CCC(C(O)c2c(F)cccc2Br)CC1C. The Morgan fingerprint density at radius 1 is 1.28 bits per heavy atom. The quantitative estimate of drug-likeness (QED) is 0.839. The Balaban J connectivity index is 2.19. The van der Waals surface area contributed by atoms with Crippen molar-refractivity contribution >= 4 is 15.9 Å². The van der Waals surface area contributed by atoms with E-state index in [1.807, 2.05) is 0 Å². The van der Waals surface area contributed by atoms with Gasteiger partial charge in [0.15, 0.2) is 0 Å². The third-order valence-electron chi connectivity index (χ3n) is 4.38. The van der Waals surface area contributed by atoms with Gasteiger partial charge in [0.05, 0.1) is 6.10 Å². The molecule has 2 rings (SSSR count). The maximum Gasteiger partial charge on any atom is 0.130 e. The zero-order valence-corrected chi connectivity index (χ0v) is 12.5. The Kier molecular flexibility index (Phi) is 4.44. The average molecular weight is 315 g/mol. The number of aliphatic hydroxyl groups is 1. The molecule has 0 bridgehead atoms. The van der Waals surface area contributed by atoms with Crippen LogP contribution >= 0.6 is 15.9 Å². The molecule has 0 aromatic heterocycles. The zero-order valence-electron chi connectivity index (χ0n) is 10.9.